The Labute approximate surface area is 226 Å². The molecule has 0 spiro atoms. The van der Waals surface area contributed by atoms with E-state index in [9.17, 15) is 14.7 Å². The van der Waals surface area contributed by atoms with Crippen molar-refractivity contribution in [1.82, 2.24) is 10.3 Å². The maximum Gasteiger partial charge on any atom is 0.326 e. The van der Waals surface area contributed by atoms with Crippen molar-refractivity contribution < 1.29 is 19.4 Å². The van der Waals surface area contributed by atoms with Crippen molar-refractivity contribution in [2.75, 3.05) is 0 Å². The molecule has 1 fully saturated rings. The highest BCUT2D eigenvalue weighted by Gasteiger charge is 2.24. The molecule has 1 heterocycles. The van der Waals surface area contributed by atoms with Crippen LogP contribution in [0.15, 0.2) is 78.9 Å². The van der Waals surface area contributed by atoms with Gasteiger partial charge in [-0.1, -0.05) is 73.7 Å². The Morgan fingerprint density at radius 1 is 0.974 bits per heavy atom. The van der Waals surface area contributed by atoms with Gasteiger partial charge in [0.15, 0.2) is 0 Å². The van der Waals surface area contributed by atoms with Gasteiger partial charge in [0.25, 0.3) is 5.91 Å². The highest BCUT2D eigenvalue weighted by Crippen LogP contribution is 2.33. The first-order chi connectivity index (χ1) is 18.4. The summed E-state index contributed by atoms with van der Waals surface area (Å²) in [7, 11) is 0. The van der Waals surface area contributed by atoms with Crippen molar-refractivity contribution in [2.45, 2.75) is 44.6 Å². The molecule has 4 aromatic rings. The summed E-state index contributed by atoms with van der Waals surface area (Å²) in [6.45, 7) is 0. The van der Waals surface area contributed by atoms with Gasteiger partial charge in [0.05, 0.1) is 0 Å². The van der Waals surface area contributed by atoms with Gasteiger partial charge in [-0.25, -0.2) is 9.78 Å². The van der Waals surface area contributed by atoms with Crippen molar-refractivity contribution in [1.29, 1.82) is 0 Å². The first-order valence-electron chi connectivity index (χ1n) is 12.9. The summed E-state index contributed by atoms with van der Waals surface area (Å²) < 4.78 is 6.05. The fourth-order valence-electron chi connectivity index (χ4n) is 5.04. The molecule has 38 heavy (non-hydrogen) atoms. The number of halogens is 1. The number of nitrogens with one attached hydrogen (secondary N) is 1. The van der Waals surface area contributed by atoms with Crippen LogP contribution in [-0.2, 0) is 17.6 Å². The molecule has 0 saturated heterocycles. The fourth-order valence-corrected chi connectivity index (χ4v) is 5.17. The van der Waals surface area contributed by atoms with Crippen molar-refractivity contribution in [3.8, 4) is 11.5 Å². The lowest BCUT2D eigenvalue weighted by molar-refractivity contribution is -0.139. The molecular weight excluding hydrogens is 500 g/mol. The number of pyridine rings is 1. The number of carbonyl (C=O) groups excluding carboxylic acids is 1. The zero-order valence-corrected chi connectivity index (χ0v) is 21.7. The van der Waals surface area contributed by atoms with Crippen LogP contribution in [0, 0.1) is 5.92 Å². The summed E-state index contributed by atoms with van der Waals surface area (Å²) >= 11 is 5.99. The van der Waals surface area contributed by atoms with Gasteiger partial charge in [-0.15, -0.1) is 0 Å². The standard InChI is InChI=1S/C31H29ClN2O4/c32-23-11-14-24(15-12-23)38-25-13-10-22-18-28(33-27(26(22)19-25)16-20-8-4-5-9-20)30(35)34-29(31(36)37)17-21-6-2-1-3-7-21/h1-3,6-7,10-15,18-20,29H,4-5,8-9,16-17H2,(H,34,35)(H,36,37)/t29-/m0/s1. The number of hydrogen-bond acceptors (Lipinski definition) is 4. The summed E-state index contributed by atoms with van der Waals surface area (Å²) in [6, 6.07) is 22.8. The van der Waals surface area contributed by atoms with Crippen LogP contribution in [0.2, 0.25) is 5.02 Å². The third-order valence-electron chi connectivity index (χ3n) is 7.01. The Bertz CT molecular complexity index is 1430. The SMILES string of the molecule is O=C(N[C@@H](Cc1ccccc1)C(=O)O)c1cc2ccc(Oc3ccc(Cl)cc3)cc2c(CC2CCCC2)n1. The number of amides is 1. The van der Waals surface area contributed by atoms with E-state index < -0.39 is 17.9 Å². The smallest absolute Gasteiger partial charge is 0.326 e. The molecule has 3 aromatic carbocycles. The van der Waals surface area contributed by atoms with Gasteiger partial charge in [0.1, 0.15) is 23.2 Å². The number of aliphatic carboxylic acids is 1. The highest BCUT2D eigenvalue weighted by molar-refractivity contribution is 6.30. The molecule has 1 atom stereocenters. The molecular formula is C31H29ClN2O4. The molecule has 6 nitrogen and oxygen atoms in total. The molecule has 7 heteroatoms. The van der Waals surface area contributed by atoms with E-state index in [2.05, 4.69) is 5.32 Å². The van der Waals surface area contributed by atoms with Gasteiger partial charge < -0.3 is 15.2 Å². The van der Waals surface area contributed by atoms with Crippen molar-refractivity contribution in [2.24, 2.45) is 5.92 Å². The molecule has 1 aromatic heterocycles. The number of hydrogen-bond donors (Lipinski definition) is 2. The van der Waals surface area contributed by atoms with E-state index in [1.54, 1.807) is 18.2 Å². The van der Waals surface area contributed by atoms with Gasteiger partial charge in [0, 0.05) is 22.5 Å². The topological polar surface area (TPSA) is 88.5 Å². The van der Waals surface area contributed by atoms with Crippen LogP contribution in [0.4, 0.5) is 0 Å². The molecule has 0 unspecified atom stereocenters. The molecule has 0 aliphatic heterocycles. The molecule has 1 saturated carbocycles. The second-order valence-electron chi connectivity index (χ2n) is 9.80. The maximum absolute atomic E-state index is 13.2. The molecule has 194 valence electrons. The number of aromatic nitrogens is 1. The van der Waals surface area contributed by atoms with E-state index in [4.69, 9.17) is 21.3 Å². The fraction of sp³-hybridized carbons (Fsp3) is 0.258. The largest absolute Gasteiger partial charge is 0.480 e. The van der Waals surface area contributed by atoms with Crippen LogP contribution in [-0.4, -0.2) is 28.0 Å². The maximum atomic E-state index is 13.2. The minimum atomic E-state index is -1.09. The van der Waals surface area contributed by atoms with Crippen molar-refractivity contribution in [3.05, 3.63) is 101 Å². The molecule has 0 bridgehead atoms. The van der Waals surface area contributed by atoms with E-state index in [0.717, 1.165) is 41.3 Å². The Kier molecular flexibility index (Phi) is 7.89. The van der Waals surface area contributed by atoms with E-state index in [0.29, 0.717) is 22.4 Å². The summed E-state index contributed by atoms with van der Waals surface area (Å²) in [4.78, 5) is 29.9. The van der Waals surface area contributed by atoms with Crippen molar-refractivity contribution in [3.63, 3.8) is 0 Å². The summed E-state index contributed by atoms with van der Waals surface area (Å²) in [5, 5.41) is 14.9. The Morgan fingerprint density at radius 2 is 1.68 bits per heavy atom. The van der Waals surface area contributed by atoms with E-state index >= 15 is 0 Å². The lowest BCUT2D eigenvalue weighted by atomic mass is 9.97. The summed E-state index contributed by atoms with van der Waals surface area (Å²) in [6.07, 6.45) is 5.63. The zero-order chi connectivity index (χ0) is 26.5. The normalized spacial score (nSPS) is 14.3. The number of carboxylic acids is 1. The first-order valence-corrected chi connectivity index (χ1v) is 13.3. The van der Waals surface area contributed by atoms with E-state index in [-0.39, 0.29) is 12.1 Å². The average Bonchev–Trinajstić information content (AvgIpc) is 3.43. The number of nitrogens with zero attached hydrogens (tertiary/aromatic N) is 1. The number of benzene rings is 3. The van der Waals surface area contributed by atoms with Crippen LogP contribution >= 0.6 is 11.6 Å². The minimum absolute atomic E-state index is 0.190. The van der Waals surface area contributed by atoms with Crippen LogP contribution in [0.1, 0.15) is 47.4 Å². The number of fused-ring (bicyclic) bond motifs is 1. The van der Waals surface area contributed by atoms with Gasteiger partial charge >= 0.3 is 5.97 Å². The molecule has 0 radical (unpaired) electrons. The average molecular weight is 529 g/mol. The van der Waals surface area contributed by atoms with Gasteiger partial charge in [-0.3, -0.25) is 4.79 Å². The molecule has 1 aliphatic carbocycles. The number of carbonyl (C=O) groups is 2. The number of rotatable bonds is 9. The van der Waals surface area contributed by atoms with Gasteiger partial charge in [-0.05, 0) is 65.8 Å². The van der Waals surface area contributed by atoms with E-state index in [1.807, 2.05) is 60.7 Å². The Morgan fingerprint density at radius 3 is 2.39 bits per heavy atom. The van der Waals surface area contributed by atoms with Gasteiger partial charge in [-0.2, -0.15) is 0 Å². The Balaban J connectivity index is 1.44. The molecule has 1 aliphatic rings. The first kappa shape index (κ1) is 25.7. The zero-order valence-electron chi connectivity index (χ0n) is 20.9. The lowest BCUT2D eigenvalue weighted by Crippen LogP contribution is -2.42. The van der Waals surface area contributed by atoms with Crippen LogP contribution in [0.3, 0.4) is 0 Å². The number of carboxylic acid groups (broad SMARTS) is 1. The van der Waals surface area contributed by atoms with Gasteiger partial charge in [0.2, 0.25) is 0 Å². The van der Waals surface area contributed by atoms with Crippen LogP contribution in [0.5, 0.6) is 11.5 Å². The predicted octanol–water partition coefficient (Wildman–Crippen LogP) is 6.84. The van der Waals surface area contributed by atoms with Crippen LogP contribution < -0.4 is 10.1 Å². The predicted molar refractivity (Wildman–Crippen MR) is 148 cm³/mol. The summed E-state index contributed by atoms with van der Waals surface area (Å²) in [5.74, 6) is 0.269. The molecule has 5 rings (SSSR count). The van der Waals surface area contributed by atoms with Crippen LogP contribution in [0.25, 0.3) is 10.8 Å². The van der Waals surface area contributed by atoms with E-state index in [1.165, 1.54) is 12.8 Å². The highest BCUT2D eigenvalue weighted by atomic mass is 35.5. The third kappa shape index (κ3) is 6.32. The summed E-state index contributed by atoms with van der Waals surface area (Å²) in [5.41, 5.74) is 1.88. The molecule has 1 amide bonds. The van der Waals surface area contributed by atoms with Crippen molar-refractivity contribution >= 4 is 34.2 Å². The second kappa shape index (κ2) is 11.7. The third-order valence-corrected chi connectivity index (χ3v) is 7.26. The lowest BCUT2D eigenvalue weighted by Gasteiger charge is -2.17. The monoisotopic (exact) mass is 528 g/mol. The Hall–Kier alpha value is -3.90. The molecule has 2 N–H and O–H groups in total. The second-order valence-corrected chi connectivity index (χ2v) is 10.2. The quantitative estimate of drug-likeness (QED) is 0.248. The minimum Gasteiger partial charge on any atom is -0.480 e. The number of ether oxygens (including phenoxy) is 1.